The van der Waals surface area contributed by atoms with Crippen LogP contribution in [0.3, 0.4) is 0 Å². The van der Waals surface area contributed by atoms with Gasteiger partial charge in [-0.05, 0) is 37.8 Å². The van der Waals surface area contributed by atoms with Crippen LogP contribution >= 0.6 is 11.3 Å². The van der Waals surface area contributed by atoms with E-state index < -0.39 is 5.41 Å². The first-order valence-corrected chi connectivity index (χ1v) is 5.40. The molecule has 0 radical (unpaired) electrons. The first-order chi connectivity index (χ1) is 6.50. The summed E-state index contributed by atoms with van der Waals surface area (Å²) in [6, 6.07) is 2.04. The normalized spacial score (nSPS) is 11.4. The fourth-order valence-corrected chi connectivity index (χ4v) is 2.44. The molecule has 1 aromatic rings. The van der Waals surface area contributed by atoms with Gasteiger partial charge in [-0.15, -0.1) is 11.3 Å². The van der Waals surface area contributed by atoms with Crippen molar-refractivity contribution in [2.24, 2.45) is 0 Å². The zero-order chi connectivity index (χ0) is 10.8. The molecule has 0 aliphatic carbocycles. The van der Waals surface area contributed by atoms with E-state index in [1.54, 1.807) is 18.4 Å². The fourth-order valence-electron chi connectivity index (χ4n) is 1.39. The molecule has 4 heteroatoms. The molecule has 1 heterocycles. The molecule has 3 nitrogen and oxygen atoms in total. The average molecular weight is 212 g/mol. The summed E-state index contributed by atoms with van der Waals surface area (Å²) in [6.45, 7) is 5.89. The number of carbonyl (C=O) groups excluding carboxylic acids is 1. The molecule has 0 spiro atoms. The Kier molecular flexibility index (Phi) is 3.29. The number of hydrogen-bond donors (Lipinski definition) is 2. The lowest BCUT2D eigenvalue weighted by Gasteiger charge is -2.22. The van der Waals surface area contributed by atoms with Crippen LogP contribution in [0.5, 0.6) is 0 Å². The second kappa shape index (κ2) is 4.11. The Labute approximate surface area is 88.5 Å². The molecule has 1 amide bonds. The van der Waals surface area contributed by atoms with Crippen LogP contribution in [0.25, 0.3) is 0 Å². The molecule has 0 atom stereocenters. The molecule has 0 unspecified atom stereocenters. The molecule has 0 aliphatic rings. The number of hydrogen-bond acceptors (Lipinski definition) is 3. The van der Waals surface area contributed by atoms with Crippen molar-refractivity contribution >= 4 is 17.2 Å². The number of thiophene rings is 1. The smallest absolute Gasteiger partial charge is 0.244 e. The van der Waals surface area contributed by atoms with Crippen molar-refractivity contribution in [3.05, 3.63) is 21.9 Å². The minimum Gasteiger partial charge on any atom is -0.291 e. The van der Waals surface area contributed by atoms with E-state index in [9.17, 15) is 4.79 Å². The lowest BCUT2D eigenvalue weighted by molar-refractivity contribution is -0.126. The van der Waals surface area contributed by atoms with E-state index in [-0.39, 0.29) is 5.91 Å². The van der Waals surface area contributed by atoms with Crippen LogP contribution in [0.1, 0.15) is 24.3 Å². The van der Waals surface area contributed by atoms with E-state index in [0.717, 1.165) is 4.88 Å². The molecule has 1 rings (SSSR count). The van der Waals surface area contributed by atoms with E-state index in [0.29, 0.717) is 0 Å². The van der Waals surface area contributed by atoms with Gasteiger partial charge in [0.1, 0.15) is 0 Å². The lowest BCUT2D eigenvalue weighted by atomic mass is 9.88. The number of amides is 1. The van der Waals surface area contributed by atoms with E-state index >= 15 is 0 Å². The number of nitrogens with one attached hydrogen (secondary N) is 2. The van der Waals surface area contributed by atoms with Gasteiger partial charge in [-0.25, -0.2) is 5.43 Å². The Balaban J connectivity index is 2.95. The highest BCUT2D eigenvalue weighted by Gasteiger charge is 2.31. The van der Waals surface area contributed by atoms with Crippen LogP contribution in [-0.4, -0.2) is 13.0 Å². The van der Waals surface area contributed by atoms with Crippen LogP contribution in [0.15, 0.2) is 11.4 Å². The highest BCUT2D eigenvalue weighted by Crippen LogP contribution is 2.30. The van der Waals surface area contributed by atoms with Crippen molar-refractivity contribution in [3.63, 3.8) is 0 Å². The molecule has 0 aromatic carbocycles. The maximum absolute atomic E-state index is 11.7. The second-order valence-electron chi connectivity index (χ2n) is 3.76. The molecule has 2 N–H and O–H groups in total. The standard InChI is InChI=1S/C10H16N2OS/c1-7-5-6-14-8(7)10(2,3)9(13)12-11-4/h5-6,11H,1-4H3,(H,12,13). The van der Waals surface area contributed by atoms with Gasteiger partial charge in [0.2, 0.25) is 5.91 Å². The van der Waals surface area contributed by atoms with Gasteiger partial charge < -0.3 is 0 Å². The summed E-state index contributed by atoms with van der Waals surface area (Å²) in [5, 5.41) is 2.01. The van der Waals surface area contributed by atoms with Crippen molar-refractivity contribution in [1.82, 2.24) is 10.9 Å². The molecular weight excluding hydrogens is 196 g/mol. The number of rotatable bonds is 3. The molecule has 0 saturated carbocycles. The molecule has 0 aliphatic heterocycles. The van der Waals surface area contributed by atoms with Gasteiger partial charge >= 0.3 is 0 Å². The third-order valence-electron chi connectivity index (χ3n) is 2.24. The summed E-state index contributed by atoms with van der Waals surface area (Å²) in [5.41, 5.74) is 5.98. The largest absolute Gasteiger partial charge is 0.291 e. The van der Waals surface area contributed by atoms with Gasteiger partial charge in [0, 0.05) is 11.9 Å². The topological polar surface area (TPSA) is 41.1 Å². The summed E-state index contributed by atoms with van der Waals surface area (Å²) in [7, 11) is 1.69. The quantitative estimate of drug-likeness (QED) is 0.747. The van der Waals surface area contributed by atoms with Gasteiger partial charge in [-0.3, -0.25) is 10.2 Å². The van der Waals surface area contributed by atoms with Crippen LogP contribution < -0.4 is 10.9 Å². The summed E-state index contributed by atoms with van der Waals surface area (Å²) >= 11 is 1.62. The van der Waals surface area contributed by atoms with Crippen LogP contribution in [0.4, 0.5) is 0 Å². The van der Waals surface area contributed by atoms with Gasteiger partial charge in [0.15, 0.2) is 0 Å². The van der Waals surface area contributed by atoms with Crippen LogP contribution in [0.2, 0.25) is 0 Å². The summed E-state index contributed by atoms with van der Waals surface area (Å²) in [6.07, 6.45) is 0. The summed E-state index contributed by atoms with van der Waals surface area (Å²) < 4.78 is 0. The average Bonchev–Trinajstić information content (AvgIpc) is 2.52. The first kappa shape index (κ1) is 11.2. The monoisotopic (exact) mass is 212 g/mol. The molecule has 0 bridgehead atoms. The molecule has 0 saturated heterocycles. The number of aryl methyl sites for hydroxylation is 1. The second-order valence-corrected chi connectivity index (χ2v) is 4.68. The van der Waals surface area contributed by atoms with Gasteiger partial charge in [-0.2, -0.15) is 0 Å². The van der Waals surface area contributed by atoms with Gasteiger partial charge in [0.05, 0.1) is 5.41 Å². The predicted molar refractivity (Wildman–Crippen MR) is 59.3 cm³/mol. The van der Waals surface area contributed by atoms with E-state index in [1.165, 1.54) is 5.56 Å². The Morgan fingerprint density at radius 1 is 1.50 bits per heavy atom. The van der Waals surface area contributed by atoms with Crippen molar-refractivity contribution in [1.29, 1.82) is 0 Å². The third-order valence-corrected chi connectivity index (χ3v) is 3.58. The molecule has 78 valence electrons. The van der Waals surface area contributed by atoms with Crippen molar-refractivity contribution < 1.29 is 4.79 Å². The summed E-state index contributed by atoms with van der Waals surface area (Å²) in [5.74, 6) is -0.00875. The van der Waals surface area contributed by atoms with Crippen molar-refractivity contribution in [2.75, 3.05) is 7.05 Å². The zero-order valence-electron chi connectivity index (χ0n) is 8.97. The molecule has 14 heavy (non-hydrogen) atoms. The first-order valence-electron chi connectivity index (χ1n) is 4.52. The maximum Gasteiger partial charge on any atom is 0.244 e. The molecule has 0 fully saturated rings. The molecular formula is C10H16N2OS. The summed E-state index contributed by atoms with van der Waals surface area (Å²) in [4.78, 5) is 12.9. The van der Waals surface area contributed by atoms with Gasteiger partial charge in [-0.1, -0.05) is 0 Å². The Bertz CT molecular complexity index is 331. The highest BCUT2D eigenvalue weighted by molar-refractivity contribution is 7.10. The lowest BCUT2D eigenvalue weighted by Crippen LogP contribution is -2.45. The third kappa shape index (κ3) is 1.96. The minimum atomic E-state index is -0.471. The van der Waals surface area contributed by atoms with Crippen LogP contribution in [-0.2, 0) is 10.2 Å². The van der Waals surface area contributed by atoms with Crippen LogP contribution in [0, 0.1) is 6.92 Å². The SMILES string of the molecule is CNNC(=O)C(C)(C)c1sccc1C. The van der Waals surface area contributed by atoms with E-state index in [4.69, 9.17) is 0 Å². The predicted octanol–water partition coefficient (Wildman–Crippen LogP) is 1.58. The van der Waals surface area contributed by atoms with Crippen molar-refractivity contribution in [3.8, 4) is 0 Å². The Morgan fingerprint density at radius 3 is 2.57 bits per heavy atom. The minimum absolute atomic E-state index is 0.00875. The number of carbonyl (C=O) groups is 1. The van der Waals surface area contributed by atoms with E-state index in [1.807, 2.05) is 32.2 Å². The molecule has 1 aromatic heterocycles. The van der Waals surface area contributed by atoms with E-state index in [2.05, 4.69) is 10.9 Å². The Morgan fingerprint density at radius 2 is 2.14 bits per heavy atom. The zero-order valence-corrected chi connectivity index (χ0v) is 9.79. The maximum atomic E-state index is 11.7. The number of hydrazine groups is 1. The highest BCUT2D eigenvalue weighted by atomic mass is 32.1. The van der Waals surface area contributed by atoms with Crippen molar-refractivity contribution in [2.45, 2.75) is 26.2 Å². The van der Waals surface area contributed by atoms with Gasteiger partial charge in [0.25, 0.3) is 0 Å². The fraction of sp³-hybridized carbons (Fsp3) is 0.500. The Hall–Kier alpha value is -0.870.